The van der Waals surface area contributed by atoms with Gasteiger partial charge in [0.15, 0.2) is 5.75 Å². The van der Waals surface area contributed by atoms with E-state index in [0.29, 0.717) is 10.7 Å². The number of hydrogen-bond donors (Lipinski definition) is 0. The van der Waals surface area contributed by atoms with Crippen LogP contribution in [0.25, 0.3) is 16.9 Å². The summed E-state index contributed by atoms with van der Waals surface area (Å²) in [7, 11) is 0. The molecule has 4 nitrogen and oxygen atoms in total. The summed E-state index contributed by atoms with van der Waals surface area (Å²) in [5.74, 6) is 1.50. The van der Waals surface area contributed by atoms with Crippen molar-refractivity contribution in [3.8, 4) is 28.4 Å². The molecule has 0 saturated carbocycles. The molecular weight excluding hydrogens is 461 g/mol. The van der Waals surface area contributed by atoms with E-state index in [0.717, 1.165) is 26.3 Å². The summed E-state index contributed by atoms with van der Waals surface area (Å²) in [6.07, 6.45) is 1.85. The number of hydrogen-bond acceptors (Lipinski definition) is 3. The van der Waals surface area contributed by atoms with Gasteiger partial charge in [0.1, 0.15) is 17.1 Å². The maximum Gasteiger partial charge on any atom is 0.166 e. The third-order valence-electron chi connectivity index (χ3n) is 3.80. The Balaban J connectivity index is 1.75. The van der Waals surface area contributed by atoms with Crippen molar-refractivity contribution >= 4 is 34.2 Å². The first-order valence-electron chi connectivity index (χ1n) is 7.91. The summed E-state index contributed by atoms with van der Waals surface area (Å²) in [5.41, 5.74) is 2.36. The smallest absolute Gasteiger partial charge is 0.166 e. The van der Waals surface area contributed by atoms with Crippen LogP contribution in [0.3, 0.4) is 0 Å². The molecule has 0 aliphatic carbocycles. The van der Waals surface area contributed by atoms with Crippen molar-refractivity contribution in [3.63, 3.8) is 0 Å². The van der Waals surface area contributed by atoms with Gasteiger partial charge >= 0.3 is 0 Å². The van der Waals surface area contributed by atoms with Gasteiger partial charge in [0.25, 0.3) is 0 Å². The van der Waals surface area contributed by atoms with Gasteiger partial charge in [0.2, 0.25) is 0 Å². The Morgan fingerprint density at radius 1 is 0.885 bits per heavy atom. The molecule has 3 aromatic carbocycles. The highest BCUT2D eigenvalue weighted by atomic mass is 127. The minimum absolute atomic E-state index is 0.642. The van der Waals surface area contributed by atoms with Gasteiger partial charge in [-0.1, -0.05) is 59.3 Å². The molecule has 0 saturated heterocycles. The van der Waals surface area contributed by atoms with Crippen molar-refractivity contribution < 1.29 is 4.74 Å². The minimum atomic E-state index is 0.642. The van der Waals surface area contributed by atoms with Gasteiger partial charge < -0.3 is 4.74 Å². The Hall–Kier alpha value is -2.38. The molecule has 0 spiro atoms. The normalized spacial score (nSPS) is 10.7. The van der Waals surface area contributed by atoms with Crippen LogP contribution in [-0.4, -0.2) is 15.0 Å². The monoisotopic (exact) mass is 473 g/mol. The molecular formula is C20H13ClIN3O. The number of rotatable bonds is 4. The molecule has 1 heterocycles. The van der Waals surface area contributed by atoms with E-state index in [1.807, 2.05) is 79.0 Å². The summed E-state index contributed by atoms with van der Waals surface area (Å²) in [4.78, 5) is 0. The number of aromatic nitrogens is 3. The first kappa shape index (κ1) is 17.1. The van der Waals surface area contributed by atoms with Crippen molar-refractivity contribution in [2.45, 2.75) is 0 Å². The van der Waals surface area contributed by atoms with Crippen molar-refractivity contribution in [1.82, 2.24) is 15.0 Å². The predicted octanol–water partition coefficient (Wildman–Crippen LogP) is 5.98. The van der Waals surface area contributed by atoms with Crippen LogP contribution in [0, 0.1) is 3.57 Å². The zero-order valence-corrected chi connectivity index (χ0v) is 16.4. The molecule has 0 amide bonds. The highest BCUT2D eigenvalue weighted by molar-refractivity contribution is 14.1. The standard InChI is InChI=1S/C20H13ClIN3O/c21-16-10-5-4-9-15(16)18-13-25(24-23-18)19-12-6-11-17(22)20(19)26-14-7-2-1-3-8-14/h1-13H. The second-order valence-electron chi connectivity index (χ2n) is 5.53. The van der Waals surface area contributed by atoms with E-state index in [-0.39, 0.29) is 0 Å². The summed E-state index contributed by atoms with van der Waals surface area (Å²) in [5, 5.41) is 9.19. The molecule has 0 aliphatic rings. The SMILES string of the molecule is Clc1ccccc1-c1cn(-c2cccc(I)c2Oc2ccccc2)nn1. The zero-order chi connectivity index (χ0) is 17.9. The second kappa shape index (κ2) is 7.47. The number of benzene rings is 3. The average Bonchev–Trinajstić information content (AvgIpc) is 3.14. The summed E-state index contributed by atoms with van der Waals surface area (Å²) in [6.45, 7) is 0. The van der Waals surface area contributed by atoms with E-state index in [1.165, 1.54) is 0 Å². The first-order valence-corrected chi connectivity index (χ1v) is 9.37. The number of ether oxygens (including phenoxy) is 1. The van der Waals surface area contributed by atoms with Gasteiger partial charge in [-0.05, 0) is 52.9 Å². The fourth-order valence-electron chi connectivity index (χ4n) is 2.56. The highest BCUT2D eigenvalue weighted by Gasteiger charge is 2.14. The molecule has 26 heavy (non-hydrogen) atoms. The molecule has 4 rings (SSSR count). The van der Waals surface area contributed by atoms with Crippen LogP contribution in [0.15, 0.2) is 79.0 Å². The van der Waals surface area contributed by atoms with Gasteiger partial charge in [-0.15, -0.1) is 5.10 Å². The van der Waals surface area contributed by atoms with Crippen molar-refractivity contribution in [1.29, 1.82) is 0 Å². The topological polar surface area (TPSA) is 39.9 Å². The van der Waals surface area contributed by atoms with E-state index >= 15 is 0 Å². The van der Waals surface area contributed by atoms with E-state index in [9.17, 15) is 0 Å². The Morgan fingerprint density at radius 2 is 1.65 bits per heavy atom. The number of nitrogens with zero attached hydrogens (tertiary/aromatic N) is 3. The Morgan fingerprint density at radius 3 is 2.46 bits per heavy atom. The molecule has 0 fully saturated rings. The minimum Gasteiger partial charge on any atom is -0.454 e. The average molecular weight is 474 g/mol. The highest BCUT2D eigenvalue weighted by Crippen LogP contribution is 2.33. The molecule has 0 radical (unpaired) electrons. The van der Waals surface area contributed by atoms with Gasteiger partial charge in [0, 0.05) is 5.56 Å². The summed E-state index contributed by atoms with van der Waals surface area (Å²) >= 11 is 8.53. The van der Waals surface area contributed by atoms with Gasteiger partial charge in [0.05, 0.1) is 14.8 Å². The molecule has 0 N–H and O–H groups in total. The Bertz CT molecular complexity index is 1050. The van der Waals surface area contributed by atoms with Crippen LogP contribution in [0.2, 0.25) is 5.02 Å². The van der Waals surface area contributed by atoms with Gasteiger partial charge in [-0.2, -0.15) is 0 Å². The van der Waals surface area contributed by atoms with Gasteiger partial charge in [-0.25, -0.2) is 4.68 Å². The van der Waals surface area contributed by atoms with Crippen LogP contribution in [0.5, 0.6) is 11.5 Å². The van der Waals surface area contributed by atoms with Crippen LogP contribution < -0.4 is 4.74 Å². The second-order valence-corrected chi connectivity index (χ2v) is 7.10. The lowest BCUT2D eigenvalue weighted by atomic mass is 10.2. The van der Waals surface area contributed by atoms with Crippen LogP contribution in [0.4, 0.5) is 0 Å². The lowest BCUT2D eigenvalue weighted by Gasteiger charge is -2.12. The first-order chi connectivity index (χ1) is 12.7. The quantitative estimate of drug-likeness (QED) is 0.342. The lowest BCUT2D eigenvalue weighted by molar-refractivity contribution is 0.474. The molecule has 1 aromatic heterocycles. The van der Waals surface area contributed by atoms with Crippen LogP contribution in [-0.2, 0) is 0 Å². The fourth-order valence-corrected chi connectivity index (χ4v) is 3.39. The lowest BCUT2D eigenvalue weighted by Crippen LogP contribution is -2.00. The summed E-state index contributed by atoms with van der Waals surface area (Å²) in [6, 6.07) is 23.2. The number of halogens is 2. The van der Waals surface area contributed by atoms with E-state index in [4.69, 9.17) is 16.3 Å². The fraction of sp³-hybridized carbons (Fsp3) is 0. The van der Waals surface area contributed by atoms with Crippen LogP contribution >= 0.6 is 34.2 Å². The molecule has 0 bridgehead atoms. The molecule has 0 atom stereocenters. The summed E-state index contributed by atoms with van der Waals surface area (Å²) < 4.78 is 8.80. The van der Waals surface area contributed by atoms with Crippen molar-refractivity contribution in [3.05, 3.63) is 87.6 Å². The molecule has 0 aliphatic heterocycles. The molecule has 4 aromatic rings. The Kier molecular flexibility index (Phi) is 4.90. The number of para-hydroxylation sites is 2. The maximum atomic E-state index is 6.27. The van der Waals surface area contributed by atoms with E-state index in [1.54, 1.807) is 4.68 Å². The maximum absolute atomic E-state index is 6.27. The van der Waals surface area contributed by atoms with E-state index in [2.05, 4.69) is 32.9 Å². The molecule has 6 heteroatoms. The van der Waals surface area contributed by atoms with Crippen molar-refractivity contribution in [2.75, 3.05) is 0 Å². The zero-order valence-electron chi connectivity index (χ0n) is 13.5. The van der Waals surface area contributed by atoms with Crippen molar-refractivity contribution in [2.24, 2.45) is 0 Å². The van der Waals surface area contributed by atoms with Crippen LogP contribution in [0.1, 0.15) is 0 Å². The Labute approximate surface area is 169 Å². The van der Waals surface area contributed by atoms with E-state index < -0.39 is 0 Å². The van der Waals surface area contributed by atoms with Gasteiger partial charge in [-0.3, -0.25) is 0 Å². The molecule has 128 valence electrons. The largest absolute Gasteiger partial charge is 0.454 e. The third kappa shape index (κ3) is 3.45. The molecule has 0 unspecified atom stereocenters. The third-order valence-corrected chi connectivity index (χ3v) is 4.98. The predicted molar refractivity (Wildman–Crippen MR) is 111 cm³/mol.